The molecule has 0 spiro atoms. The second-order valence-electron chi connectivity index (χ2n) is 7.77. The molecular formula is C19H25F3N2O5. The number of ether oxygens (including phenoxy) is 3. The van der Waals surface area contributed by atoms with Gasteiger partial charge in [0.15, 0.2) is 0 Å². The van der Waals surface area contributed by atoms with E-state index in [1.165, 1.54) is 6.08 Å². The summed E-state index contributed by atoms with van der Waals surface area (Å²) in [5.41, 5.74) is 0.0181. The highest BCUT2D eigenvalue weighted by Crippen LogP contribution is 2.46. The molecule has 3 heterocycles. The van der Waals surface area contributed by atoms with E-state index >= 15 is 0 Å². The van der Waals surface area contributed by atoms with Crippen molar-refractivity contribution >= 4 is 5.91 Å². The number of amides is 1. The van der Waals surface area contributed by atoms with Gasteiger partial charge in [0.25, 0.3) is 5.91 Å². The third-order valence-electron chi connectivity index (χ3n) is 5.88. The molecule has 4 aliphatic rings. The number of hydrogen-bond acceptors (Lipinski definition) is 6. The van der Waals surface area contributed by atoms with Crippen LogP contribution in [-0.4, -0.2) is 79.9 Å². The van der Waals surface area contributed by atoms with Crippen LogP contribution in [0, 0.1) is 5.92 Å². The van der Waals surface area contributed by atoms with Crippen LogP contribution >= 0.6 is 0 Å². The van der Waals surface area contributed by atoms with E-state index in [0.29, 0.717) is 45.0 Å². The average molecular weight is 418 g/mol. The molecule has 0 aromatic heterocycles. The predicted molar refractivity (Wildman–Crippen MR) is 94.5 cm³/mol. The third-order valence-corrected chi connectivity index (χ3v) is 5.88. The molecule has 4 rings (SSSR count). The van der Waals surface area contributed by atoms with E-state index in [4.69, 9.17) is 19.3 Å². The molecule has 1 aliphatic carbocycles. The lowest BCUT2D eigenvalue weighted by Crippen LogP contribution is -2.41. The lowest BCUT2D eigenvalue weighted by molar-refractivity contribution is -0.147. The maximum atomic E-state index is 13.3. The van der Waals surface area contributed by atoms with Gasteiger partial charge in [0.2, 0.25) is 5.76 Å². The molecule has 10 heteroatoms. The van der Waals surface area contributed by atoms with Gasteiger partial charge in [0.05, 0.1) is 31.6 Å². The van der Waals surface area contributed by atoms with Crippen LogP contribution < -0.4 is 5.32 Å². The van der Waals surface area contributed by atoms with Crippen LogP contribution in [0.15, 0.2) is 23.1 Å². The number of allylic oxidation sites excluding steroid dienone is 1. The molecule has 0 aromatic rings. The average Bonchev–Trinajstić information content (AvgIpc) is 3.01. The fourth-order valence-corrected chi connectivity index (χ4v) is 4.33. The quantitative estimate of drug-likeness (QED) is 0.666. The Balaban J connectivity index is 1.48. The van der Waals surface area contributed by atoms with Crippen molar-refractivity contribution in [3.05, 3.63) is 23.1 Å². The summed E-state index contributed by atoms with van der Waals surface area (Å²) < 4.78 is 56.8. The molecule has 162 valence electrons. The summed E-state index contributed by atoms with van der Waals surface area (Å²) in [5, 5.41) is 11.9. The largest absolute Gasteiger partial charge is 0.482 e. The van der Waals surface area contributed by atoms with Gasteiger partial charge in [0.1, 0.15) is 12.2 Å². The number of fused-ring (bicyclic) bond motifs is 2. The number of nitrogens with zero attached hydrogens (tertiary/aromatic N) is 1. The van der Waals surface area contributed by atoms with Crippen LogP contribution in [-0.2, 0) is 19.0 Å². The van der Waals surface area contributed by atoms with Crippen molar-refractivity contribution in [3.8, 4) is 0 Å². The van der Waals surface area contributed by atoms with Gasteiger partial charge >= 0.3 is 6.18 Å². The summed E-state index contributed by atoms with van der Waals surface area (Å²) in [6, 6.07) is 0. The van der Waals surface area contributed by atoms with Crippen LogP contribution in [0.5, 0.6) is 0 Å². The maximum Gasteiger partial charge on any atom is 0.412 e. The highest BCUT2D eigenvalue weighted by atomic mass is 19.4. The standard InChI is InChI=1S/C19H25F3N2O5/c20-19(21,22)11-1-2-15-14(7-11)16-17(29-15)18(26)23-4-6-24(16)5-3-12-9-28-13(8-25)10-27-12/h1,12-15,25H,2-10H2,(H,23,26)/t12?,13?,14-,15?/m0/s1. The number of alkyl halides is 3. The molecule has 0 bridgehead atoms. The normalized spacial score (nSPS) is 32.8. The summed E-state index contributed by atoms with van der Waals surface area (Å²) in [5.74, 6) is -0.707. The summed E-state index contributed by atoms with van der Waals surface area (Å²) in [6.07, 6.45) is -3.57. The molecule has 3 unspecified atom stereocenters. The summed E-state index contributed by atoms with van der Waals surface area (Å²) in [6.45, 7) is 1.97. The molecule has 1 fully saturated rings. The Hall–Kier alpha value is -1.78. The zero-order valence-electron chi connectivity index (χ0n) is 15.9. The van der Waals surface area contributed by atoms with Crippen molar-refractivity contribution in [2.45, 2.75) is 43.8 Å². The van der Waals surface area contributed by atoms with Crippen LogP contribution in [0.2, 0.25) is 0 Å². The molecule has 0 saturated carbocycles. The maximum absolute atomic E-state index is 13.3. The Morgan fingerprint density at radius 3 is 2.69 bits per heavy atom. The SMILES string of the molecule is O=C1NCCN(CCC2COC(CO)CO2)C2=C1OC1CC=C(C(F)(F)F)C[C@H]21. The number of aliphatic hydroxyl groups excluding tert-OH is 1. The van der Waals surface area contributed by atoms with Crippen molar-refractivity contribution in [2.24, 2.45) is 5.92 Å². The zero-order chi connectivity index (χ0) is 20.6. The van der Waals surface area contributed by atoms with E-state index in [1.54, 1.807) is 0 Å². The number of carbonyl (C=O) groups is 1. The molecule has 4 atom stereocenters. The van der Waals surface area contributed by atoms with E-state index < -0.39 is 23.8 Å². The number of carbonyl (C=O) groups excluding carboxylic acids is 1. The van der Waals surface area contributed by atoms with Crippen LogP contribution in [0.3, 0.4) is 0 Å². The first-order chi connectivity index (χ1) is 13.9. The first kappa shape index (κ1) is 20.5. The number of hydrogen-bond donors (Lipinski definition) is 2. The zero-order valence-corrected chi connectivity index (χ0v) is 15.9. The third kappa shape index (κ3) is 4.24. The Kier molecular flexibility index (Phi) is 5.76. The highest BCUT2D eigenvalue weighted by molar-refractivity contribution is 5.93. The number of aliphatic hydroxyl groups is 1. The highest BCUT2D eigenvalue weighted by Gasteiger charge is 2.48. The summed E-state index contributed by atoms with van der Waals surface area (Å²) >= 11 is 0. The van der Waals surface area contributed by atoms with Crippen molar-refractivity contribution in [1.29, 1.82) is 0 Å². The molecule has 7 nitrogen and oxygen atoms in total. The van der Waals surface area contributed by atoms with E-state index in [0.717, 1.165) is 0 Å². The molecule has 29 heavy (non-hydrogen) atoms. The van der Waals surface area contributed by atoms with E-state index in [1.807, 2.05) is 4.90 Å². The minimum absolute atomic E-state index is 0.0989. The van der Waals surface area contributed by atoms with Gasteiger partial charge < -0.3 is 29.5 Å². The first-order valence-corrected chi connectivity index (χ1v) is 9.91. The molecule has 1 amide bonds. The molecule has 3 aliphatic heterocycles. The summed E-state index contributed by atoms with van der Waals surface area (Å²) in [7, 11) is 0. The molecule has 1 saturated heterocycles. The lowest BCUT2D eigenvalue weighted by Gasteiger charge is -2.34. The Bertz CT molecular complexity index is 700. The van der Waals surface area contributed by atoms with Gasteiger partial charge in [-0.3, -0.25) is 4.79 Å². The molecule has 2 N–H and O–H groups in total. The Labute approximate surface area is 166 Å². The van der Waals surface area contributed by atoms with Gasteiger partial charge in [0, 0.05) is 37.5 Å². The van der Waals surface area contributed by atoms with Crippen molar-refractivity contribution in [3.63, 3.8) is 0 Å². The van der Waals surface area contributed by atoms with Crippen molar-refractivity contribution in [1.82, 2.24) is 10.2 Å². The number of rotatable bonds is 4. The molecule has 0 aromatic carbocycles. The van der Waals surface area contributed by atoms with Crippen LogP contribution in [0.4, 0.5) is 13.2 Å². The second kappa shape index (κ2) is 8.16. The first-order valence-electron chi connectivity index (χ1n) is 9.91. The van der Waals surface area contributed by atoms with E-state index in [9.17, 15) is 18.0 Å². The minimum Gasteiger partial charge on any atom is -0.482 e. The second-order valence-corrected chi connectivity index (χ2v) is 7.77. The minimum atomic E-state index is -4.37. The Morgan fingerprint density at radius 2 is 2.00 bits per heavy atom. The predicted octanol–water partition coefficient (Wildman–Crippen LogP) is 1.09. The Morgan fingerprint density at radius 1 is 1.24 bits per heavy atom. The number of nitrogens with one attached hydrogen (secondary N) is 1. The van der Waals surface area contributed by atoms with Gasteiger partial charge in [-0.1, -0.05) is 6.08 Å². The topological polar surface area (TPSA) is 80.3 Å². The fraction of sp³-hybridized carbons (Fsp3) is 0.737. The van der Waals surface area contributed by atoms with E-state index in [2.05, 4.69) is 5.32 Å². The van der Waals surface area contributed by atoms with Crippen LogP contribution in [0.25, 0.3) is 0 Å². The van der Waals surface area contributed by atoms with Gasteiger partial charge in [-0.15, -0.1) is 0 Å². The van der Waals surface area contributed by atoms with Gasteiger partial charge in [-0.05, 0) is 12.8 Å². The van der Waals surface area contributed by atoms with Gasteiger partial charge in [-0.2, -0.15) is 13.2 Å². The lowest BCUT2D eigenvalue weighted by atomic mass is 9.84. The molecular weight excluding hydrogens is 393 g/mol. The molecule has 0 radical (unpaired) electrons. The summed E-state index contributed by atoms with van der Waals surface area (Å²) in [4.78, 5) is 14.4. The number of halogens is 3. The van der Waals surface area contributed by atoms with E-state index in [-0.39, 0.29) is 43.3 Å². The van der Waals surface area contributed by atoms with Crippen molar-refractivity contribution < 1.29 is 37.3 Å². The fourth-order valence-electron chi connectivity index (χ4n) is 4.33. The smallest absolute Gasteiger partial charge is 0.412 e. The monoisotopic (exact) mass is 418 g/mol. The van der Waals surface area contributed by atoms with Crippen molar-refractivity contribution in [2.75, 3.05) is 39.5 Å². The van der Waals surface area contributed by atoms with Gasteiger partial charge in [-0.25, -0.2) is 0 Å². The van der Waals surface area contributed by atoms with Crippen LogP contribution in [0.1, 0.15) is 19.3 Å².